The third-order valence-electron chi connectivity index (χ3n) is 3.36. The van der Waals surface area contributed by atoms with Crippen molar-refractivity contribution in [2.24, 2.45) is 10.9 Å². The quantitative estimate of drug-likeness (QED) is 0.292. The summed E-state index contributed by atoms with van der Waals surface area (Å²) in [5, 5.41) is 14.9. The standard InChI is InChI=1S/C15H24N4O2/c1-3-19(4-2)15(20)11-17-13(10-14(16)18-21)12-8-6-5-7-9-12/h5-9,13,17,21H,3-4,10-11H2,1-2H3,(H2,16,18). The molecule has 0 saturated carbocycles. The Labute approximate surface area is 125 Å². The van der Waals surface area contributed by atoms with E-state index in [2.05, 4.69) is 10.5 Å². The van der Waals surface area contributed by atoms with Gasteiger partial charge in [0.15, 0.2) is 0 Å². The van der Waals surface area contributed by atoms with E-state index in [1.165, 1.54) is 0 Å². The van der Waals surface area contributed by atoms with Crippen LogP contribution in [0.2, 0.25) is 0 Å². The molecular weight excluding hydrogens is 268 g/mol. The highest BCUT2D eigenvalue weighted by atomic mass is 16.4. The SMILES string of the molecule is CCN(CC)C(=O)CNC(C/C(N)=N/O)c1ccccc1. The van der Waals surface area contributed by atoms with E-state index >= 15 is 0 Å². The van der Waals surface area contributed by atoms with E-state index in [0.717, 1.165) is 5.56 Å². The number of hydrogen-bond donors (Lipinski definition) is 3. The first kappa shape index (κ1) is 17.0. The van der Waals surface area contributed by atoms with Crippen molar-refractivity contribution in [3.05, 3.63) is 35.9 Å². The average molecular weight is 292 g/mol. The molecule has 1 rings (SSSR count). The summed E-state index contributed by atoms with van der Waals surface area (Å²) < 4.78 is 0. The molecule has 0 aliphatic heterocycles. The fourth-order valence-corrected chi connectivity index (χ4v) is 2.14. The van der Waals surface area contributed by atoms with Crippen LogP contribution in [0.4, 0.5) is 0 Å². The second kappa shape index (κ2) is 8.97. The summed E-state index contributed by atoms with van der Waals surface area (Å²) in [6.07, 6.45) is 0.339. The number of amides is 1. The molecule has 0 aliphatic carbocycles. The van der Waals surface area contributed by atoms with Gasteiger partial charge in [-0.15, -0.1) is 0 Å². The Hall–Kier alpha value is -2.08. The highest BCUT2D eigenvalue weighted by Crippen LogP contribution is 2.16. The molecule has 1 unspecified atom stereocenters. The molecule has 0 bridgehead atoms. The lowest BCUT2D eigenvalue weighted by atomic mass is 10.0. The lowest BCUT2D eigenvalue weighted by Crippen LogP contribution is -2.39. The number of nitrogens with two attached hydrogens (primary N) is 1. The molecule has 0 aliphatic rings. The molecule has 6 nitrogen and oxygen atoms in total. The maximum Gasteiger partial charge on any atom is 0.236 e. The van der Waals surface area contributed by atoms with Crippen molar-refractivity contribution in [3.8, 4) is 0 Å². The van der Waals surface area contributed by atoms with Crippen molar-refractivity contribution in [1.82, 2.24) is 10.2 Å². The van der Waals surface area contributed by atoms with Crippen molar-refractivity contribution in [2.45, 2.75) is 26.3 Å². The van der Waals surface area contributed by atoms with E-state index in [4.69, 9.17) is 10.9 Å². The minimum Gasteiger partial charge on any atom is -0.409 e. The maximum atomic E-state index is 12.0. The van der Waals surface area contributed by atoms with Gasteiger partial charge < -0.3 is 21.2 Å². The van der Waals surface area contributed by atoms with Gasteiger partial charge in [-0.05, 0) is 19.4 Å². The van der Waals surface area contributed by atoms with E-state index in [1.54, 1.807) is 4.90 Å². The fourth-order valence-electron chi connectivity index (χ4n) is 2.14. The molecule has 0 spiro atoms. The lowest BCUT2D eigenvalue weighted by Gasteiger charge is -2.22. The highest BCUT2D eigenvalue weighted by molar-refractivity contribution is 5.81. The summed E-state index contributed by atoms with van der Waals surface area (Å²) >= 11 is 0. The van der Waals surface area contributed by atoms with E-state index in [-0.39, 0.29) is 24.3 Å². The van der Waals surface area contributed by atoms with Crippen LogP contribution in [0.25, 0.3) is 0 Å². The Bertz CT molecular complexity index is 458. The summed E-state index contributed by atoms with van der Waals surface area (Å²) in [7, 11) is 0. The zero-order valence-corrected chi connectivity index (χ0v) is 12.6. The number of rotatable bonds is 8. The predicted octanol–water partition coefficient (Wildman–Crippen LogP) is 1.32. The van der Waals surface area contributed by atoms with Crippen LogP contribution in [-0.4, -0.2) is 41.5 Å². The van der Waals surface area contributed by atoms with Crippen molar-refractivity contribution in [1.29, 1.82) is 0 Å². The van der Waals surface area contributed by atoms with E-state index < -0.39 is 0 Å². The van der Waals surface area contributed by atoms with Gasteiger partial charge in [-0.3, -0.25) is 4.79 Å². The Kier molecular flexibility index (Phi) is 7.25. The molecule has 6 heteroatoms. The van der Waals surface area contributed by atoms with Crippen LogP contribution in [0.1, 0.15) is 31.9 Å². The summed E-state index contributed by atoms with van der Waals surface area (Å²) in [4.78, 5) is 13.8. The second-order valence-electron chi connectivity index (χ2n) is 4.71. The van der Waals surface area contributed by atoms with Crippen LogP contribution < -0.4 is 11.1 Å². The first-order chi connectivity index (χ1) is 10.1. The minimum absolute atomic E-state index is 0.0421. The number of carbonyl (C=O) groups excluding carboxylic acids is 1. The van der Waals surface area contributed by atoms with Crippen LogP contribution >= 0.6 is 0 Å². The normalized spacial score (nSPS) is 13.0. The Morgan fingerprint density at radius 2 is 1.95 bits per heavy atom. The number of benzene rings is 1. The molecule has 4 N–H and O–H groups in total. The molecule has 0 radical (unpaired) electrons. The maximum absolute atomic E-state index is 12.0. The number of oxime groups is 1. The van der Waals surface area contributed by atoms with E-state index in [0.29, 0.717) is 19.5 Å². The van der Waals surface area contributed by atoms with E-state index in [1.807, 2.05) is 44.2 Å². The zero-order valence-electron chi connectivity index (χ0n) is 12.6. The second-order valence-corrected chi connectivity index (χ2v) is 4.71. The molecular formula is C15H24N4O2. The molecule has 21 heavy (non-hydrogen) atoms. The first-order valence-corrected chi connectivity index (χ1v) is 7.14. The monoisotopic (exact) mass is 292 g/mol. The topological polar surface area (TPSA) is 91.0 Å². The Balaban J connectivity index is 2.72. The van der Waals surface area contributed by atoms with Crippen LogP contribution in [0, 0.1) is 0 Å². The van der Waals surface area contributed by atoms with Crippen LogP contribution in [0.15, 0.2) is 35.5 Å². The molecule has 1 atom stereocenters. The number of amidine groups is 1. The molecule has 0 fully saturated rings. The number of carbonyl (C=O) groups is 1. The number of nitrogens with one attached hydrogen (secondary N) is 1. The lowest BCUT2D eigenvalue weighted by molar-refractivity contribution is -0.130. The number of likely N-dealkylation sites (N-methyl/N-ethyl adjacent to an activating group) is 1. The fraction of sp³-hybridized carbons (Fsp3) is 0.467. The molecule has 1 amide bonds. The van der Waals surface area contributed by atoms with E-state index in [9.17, 15) is 4.79 Å². The summed E-state index contributed by atoms with van der Waals surface area (Å²) in [6.45, 7) is 5.50. The van der Waals surface area contributed by atoms with Crippen molar-refractivity contribution in [3.63, 3.8) is 0 Å². The molecule has 0 saturated heterocycles. The summed E-state index contributed by atoms with van der Waals surface area (Å²) in [5.74, 6) is 0.173. The van der Waals surface area contributed by atoms with Crippen molar-refractivity contribution < 1.29 is 10.0 Å². The van der Waals surface area contributed by atoms with Gasteiger partial charge >= 0.3 is 0 Å². The molecule has 116 valence electrons. The largest absolute Gasteiger partial charge is 0.409 e. The number of hydrogen-bond acceptors (Lipinski definition) is 4. The highest BCUT2D eigenvalue weighted by Gasteiger charge is 2.16. The van der Waals surface area contributed by atoms with Gasteiger partial charge in [-0.2, -0.15) is 0 Å². The Morgan fingerprint density at radius 3 is 2.48 bits per heavy atom. The van der Waals surface area contributed by atoms with Gasteiger partial charge in [0, 0.05) is 25.6 Å². The third kappa shape index (κ3) is 5.43. The first-order valence-electron chi connectivity index (χ1n) is 7.14. The van der Waals surface area contributed by atoms with Gasteiger partial charge in [0.25, 0.3) is 0 Å². The van der Waals surface area contributed by atoms with Gasteiger partial charge in [0.2, 0.25) is 5.91 Å². The zero-order chi connectivity index (χ0) is 15.7. The Morgan fingerprint density at radius 1 is 1.33 bits per heavy atom. The molecule has 0 aromatic heterocycles. The summed E-state index contributed by atoms with van der Waals surface area (Å²) in [6, 6.07) is 9.49. The average Bonchev–Trinajstić information content (AvgIpc) is 2.53. The van der Waals surface area contributed by atoms with Crippen LogP contribution in [0.3, 0.4) is 0 Å². The van der Waals surface area contributed by atoms with Gasteiger partial charge in [0.1, 0.15) is 5.84 Å². The smallest absolute Gasteiger partial charge is 0.236 e. The summed E-state index contributed by atoms with van der Waals surface area (Å²) in [5.41, 5.74) is 6.59. The molecule has 1 aromatic rings. The van der Waals surface area contributed by atoms with Crippen LogP contribution in [-0.2, 0) is 4.79 Å². The van der Waals surface area contributed by atoms with Crippen LogP contribution in [0.5, 0.6) is 0 Å². The molecule has 0 heterocycles. The van der Waals surface area contributed by atoms with Gasteiger partial charge in [-0.25, -0.2) is 0 Å². The molecule has 1 aromatic carbocycles. The minimum atomic E-state index is -0.165. The predicted molar refractivity (Wildman–Crippen MR) is 83.1 cm³/mol. The number of nitrogens with zero attached hydrogens (tertiary/aromatic N) is 2. The van der Waals surface area contributed by atoms with Gasteiger partial charge in [0.05, 0.1) is 6.54 Å². The third-order valence-corrected chi connectivity index (χ3v) is 3.36. The van der Waals surface area contributed by atoms with Crippen molar-refractivity contribution in [2.75, 3.05) is 19.6 Å². The van der Waals surface area contributed by atoms with Gasteiger partial charge in [-0.1, -0.05) is 35.5 Å². The van der Waals surface area contributed by atoms with Crippen molar-refractivity contribution >= 4 is 11.7 Å².